The number of anilines is 1. The van der Waals surface area contributed by atoms with Crippen LogP contribution in [-0.2, 0) is 5.54 Å². The topological polar surface area (TPSA) is 118 Å². The molecule has 0 saturated heterocycles. The number of halogens is 2. The van der Waals surface area contributed by atoms with Crippen molar-refractivity contribution in [2.45, 2.75) is 31.7 Å². The number of nitrogens with zero attached hydrogens (tertiary/aromatic N) is 2. The summed E-state index contributed by atoms with van der Waals surface area (Å²) in [5.41, 5.74) is 0.544. The van der Waals surface area contributed by atoms with E-state index < -0.39 is 28.6 Å². The zero-order chi connectivity index (χ0) is 27.6. The Labute approximate surface area is 223 Å². The minimum atomic E-state index is -0.763. The van der Waals surface area contributed by atoms with Crippen molar-refractivity contribution in [2.75, 3.05) is 31.6 Å². The maximum atomic E-state index is 14.8. The molecule has 0 atom stereocenters. The largest absolute Gasteiger partial charge is 0.492 e. The van der Waals surface area contributed by atoms with E-state index in [2.05, 4.69) is 20.9 Å². The number of hydrogen-bond acceptors (Lipinski definition) is 7. The maximum Gasteiger partial charge on any atom is 0.297 e. The molecule has 1 fully saturated rings. The Balaban J connectivity index is 1.43. The van der Waals surface area contributed by atoms with Crippen molar-refractivity contribution < 1.29 is 23.4 Å². The van der Waals surface area contributed by atoms with Gasteiger partial charge < -0.3 is 25.8 Å². The lowest BCUT2D eigenvalue weighted by Gasteiger charge is -2.22. The van der Waals surface area contributed by atoms with Gasteiger partial charge in [0.2, 0.25) is 0 Å². The van der Waals surface area contributed by atoms with Crippen molar-refractivity contribution in [3.63, 3.8) is 0 Å². The van der Waals surface area contributed by atoms with Gasteiger partial charge in [0, 0.05) is 54.3 Å². The van der Waals surface area contributed by atoms with E-state index in [1.165, 1.54) is 42.1 Å². The number of nitrogens with one attached hydrogen (secondary N) is 3. The number of carbonyl (C=O) groups excluding carboxylic acids is 1. The molecule has 1 aromatic heterocycles. The molecule has 204 valence electrons. The number of aromatic nitrogens is 2. The second-order valence-corrected chi connectivity index (χ2v) is 9.61. The molecule has 4 N–H and O–H groups in total. The highest BCUT2D eigenvalue weighted by Crippen LogP contribution is 2.51. The highest BCUT2D eigenvalue weighted by atomic mass is 19.1. The molecule has 2 aliphatic rings. The Morgan fingerprint density at radius 2 is 2.00 bits per heavy atom. The molecule has 0 bridgehead atoms. The van der Waals surface area contributed by atoms with Crippen LogP contribution in [0.2, 0.25) is 0 Å². The van der Waals surface area contributed by atoms with Crippen molar-refractivity contribution in [3.05, 3.63) is 93.2 Å². The summed E-state index contributed by atoms with van der Waals surface area (Å²) in [7, 11) is 0. The monoisotopic (exact) mass is 537 g/mol. The van der Waals surface area contributed by atoms with Crippen LogP contribution in [0.3, 0.4) is 0 Å². The molecule has 39 heavy (non-hydrogen) atoms. The summed E-state index contributed by atoms with van der Waals surface area (Å²) < 4.78 is 36.2. The smallest absolute Gasteiger partial charge is 0.297 e. The van der Waals surface area contributed by atoms with Crippen LogP contribution >= 0.6 is 0 Å². The van der Waals surface area contributed by atoms with Gasteiger partial charge in [0.1, 0.15) is 24.0 Å². The van der Waals surface area contributed by atoms with Crippen LogP contribution < -0.4 is 26.2 Å². The zero-order valence-electron chi connectivity index (χ0n) is 21.4. The third-order valence-corrected chi connectivity index (χ3v) is 6.75. The van der Waals surface area contributed by atoms with Gasteiger partial charge in [-0.25, -0.2) is 13.8 Å². The molecule has 0 unspecified atom stereocenters. The molecular formula is C28H29F2N5O4. The fraction of sp³-hybridized carbons (Fsp3) is 0.321. The molecule has 2 aromatic carbocycles. The van der Waals surface area contributed by atoms with Crippen molar-refractivity contribution in [3.8, 4) is 11.4 Å². The zero-order valence-corrected chi connectivity index (χ0v) is 21.4. The van der Waals surface area contributed by atoms with E-state index in [0.717, 1.165) is 11.8 Å². The lowest BCUT2D eigenvalue weighted by atomic mass is 10.0. The molecule has 0 aliphatic heterocycles. The Kier molecular flexibility index (Phi) is 7.45. The van der Waals surface area contributed by atoms with E-state index in [-0.39, 0.29) is 29.2 Å². The van der Waals surface area contributed by atoms with Crippen LogP contribution in [0.25, 0.3) is 5.69 Å². The Hall–Kier alpha value is -4.09. The maximum absolute atomic E-state index is 14.8. The number of aliphatic hydroxyl groups is 1. The first kappa shape index (κ1) is 26.5. The Morgan fingerprint density at radius 1 is 1.21 bits per heavy atom. The summed E-state index contributed by atoms with van der Waals surface area (Å²) in [5.74, 6) is -1.03. The molecule has 1 heterocycles. The van der Waals surface area contributed by atoms with E-state index in [1.54, 1.807) is 6.07 Å². The molecule has 2 aliphatic carbocycles. The highest BCUT2D eigenvalue weighted by Gasteiger charge is 2.47. The molecule has 9 nitrogen and oxygen atoms in total. The summed E-state index contributed by atoms with van der Waals surface area (Å²) >= 11 is 0. The van der Waals surface area contributed by atoms with Crippen molar-refractivity contribution >= 4 is 11.7 Å². The van der Waals surface area contributed by atoms with Crippen molar-refractivity contribution in [2.24, 2.45) is 0 Å². The molecule has 1 amide bonds. The predicted molar refractivity (Wildman–Crippen MR) is 141 cm³/mol. The first-order valence-electron chi connectivity index (χ1n) is 12.7. The summed E-state index contributed by atoms with van der Waals surface area (Å²) in [6.45, 7) is 2.78. The standard InChI is InChI=1S/C28H29F2N5O4/c1-17-22(30)14-18(26(37)33-20-3-4-20)15-23(17)35-11-8-32-25(27(35)38)34-28(6-7-28)21-16-19(29)2-5-24(21)39-13-10-31-9-12-36/h2-3,5,8,11,14-16,31,36H,4,6-7,9-10,12-13H2,1H3,(H,32,34)(H,33,37). The van der Waals surface area contributed by atoms with Crippen LogP contribution in [0.4, 0.5) is 14.6 Å². The van der Waals surface area contributed by atoms with Gasteiger partial charge in [-0.2, -0.15) is 0 Å². The summed E-state index contributed by atoms with van der Waals surface area (Å²) in [6.07, 6.45) is 6.58. The average molecular weight is 538 g/mol. The quantitative estimate of drug-likeness (QED) is 0.263. The van der Waals surface area contributed by atoms with E-state index in [9.17, 15) is 18.4 Å². The van der Waals surface area contributed by atoms with Crippen LogP contribution in [0.1, 0.15) is 40.7 Å². The van der Waals surface area contributed by atoms with Gasteiger partial charge in [-0.1, -0.05) is 6.08 Å². The van der Waals surface area contributed by atoms with Crippen LogP contribution in [0.5, 0.6) is 5.75 Å². The van der Waals surface area contributed by atoms with Crippen molar-refractivity contribution in [1.82, 2.24) is 20.2 Å². The second-order valence-electron chi connectivity index (χ2n) is 9.61. The molecule has 0 spiro atoms. The van der Waals surface area contributed by atoms with Gasteiger partial charge in [-0.15, -0.1) is 0 Å². The van der Waals surface area contributed by atoms with Gasteiger partial charge in [0.25, 0.3) is 11.5 Å². The van der Waals surface area contributed by atoms with Gasteiger partial charge in [0.05, 0.1) is 17.8 Å². The van der Waals surface area contributed by atoms with E-state index in [4.69, 9.17) is 9.84 Å². The van der Waals surface area contributed by atoms with E-state index in [1.807, 2.05) is 6.08 Å². The predicted octanol–water partition coefficient (Wildman–Crippen LogP) is 2.90. The number of allylic oxidation sites excluding steroid dienone is 2. The number of benzene rings is 2. The molecule has 11 heteroatoms. The normalized spacial score (nSPS) is 14.9. The van der Waals surface area contributed by atoms with Gasteiger partial charge in [0.15, 0.2) is 5.82 Å². The number of aliphatic hydroxyl groups excluding tert-OH is 1. The minimum Gasteiger partial charge on any atom is -0.492 e. The lowest BCUT2D eigenvalue weighted by Crippen LogP contribution is -2.30. The first-order chi connectivity index (χ1) is 18.8. The molecule has 0 radical (unpaired) electrons. The van der Waals surface area contributed by atoms with Crippen molar-refractivity contribution in [1.29, 1.82) is 0 Å². The van der Waals surface area contributed by atoms with E-state index >= 15 is 0 Å². The lowest BCUT2D eigenvalue weighted by molar-refractivity contribution is 0.0967. The molecular weight excluding hydrogens is 508 g/mol. The molecule has 1 saturated carbocycles. The number of hydrogen-bond donors (Lipinski definition) is 4. The number of amides is 1. The fourth-order valence-electron chi connectivity index (χ4n) is 4.36. The Morgan fingerprint density at radius 3 is 2.72 bits per heavy atom. The Bertz CT molecular complexity index is 1500. The summed E-state index contributed by atoms with van der Waals surface area (Å²) in [6, 6.07) is 6.86. The molecule has 5 rings (SSSR count). The number of rotatable bonds is 12. The van der Waals surface area contributed by atoms with Crippen LogP contribution in [0.15, 0.2) is 59.3 Å². The summed E-state index contributed by atoms with van der Waals surface area (Å²) in [4.78, 5) is 30.3. The average Bonchev–Trinajstić information content (AvgIpc) is 3.85. The highest BCUT2D eigenvalue weighted by molar-refractivity contribution is 5.96. The third kappa shape index (κ3) is 5.84. The SMILES string of the molecule is Cc1c(F)cc(C(=O)NC2=CC2)cc1-n1ccnc(NC2(c3cc(F)ccc3OCCNCCO)CC2)c1=O. The second kappa shape index (κ2) is 11.0. The van der Waals surface area contributed by atoms with Crippen LogP contribution in [0, 0.1) is 18.6 Å². The van der Waals surface area contributed by atoms with E-state index in [0.29, 0.717) is 50.3 Å². The van der Waals surface area contributed by atoms with Gasteiger partial charge in [-0.3, -0.25) is 14.2 Å². The summed E-state index contributed by atoms with van der Waals surface area (Å²) in [5, 5.41) is 17.8. The van der Waals surface area contributed by atoms with Gasteiger partial charge in [-0.05, 0) is 50.1 Å². The van der Waals surface area contributed by atoms with Gasteiger partial charge >= 0.3 is 0 Å². The van der Waals surface area contributed by atoms with Crippen LogP contribution in [-0.4, -0.2) is 46.9 Å². The minimum absolute atomic E-state index is 0.00706. The first-order valence-corrected chi connectivity index (χ1v) is 12.7. The number of ether oxygens (including phenoxy) is 1. The molecule has 3 aromatic rings. The fourth-order valence-corrected chi connectivity index (χ4v) is 4.36. The number of carbonyl (C=O) groups is 1. The third-order valence-electron chi connectivity index (χ3n) is 6.75.